The summed E-state index contributed by atoms with van der Waals surface area (Å²) in [4.78, 5) is 1.32. The second-order valence-electron chi connectivity index (χ2n) is 4.92. The van der Waals surface area contributed by atoms with Crippen LogP contribution in [0.4, 0.5) is 18.9 Å². The summed E-state index contributed by atoms with van der Waals surface area (Å²) in [5.41, 5.74) is 8.41. The fraction of sp³-hybridized carbons (Fsp3) is 0.571. The second-order valence-corrected chi connectivity index (χ2v) is 4.92. The Hall–Kier alpha value is -1.23. The predicted octanol–water partition coefficient (Wildman–Crippen LogP) is 3.27. The molecule has 19 heavy (non-hydrogen) atoms. The highest BCUT2D eigenvalue weighted by molar-refractivity contribution is 5.51. The summed E-state index contributed by atoms with van der Waals surface area (Å²) in [5.74, 6) is 0. The van der Waals surface area contributed by atoms with Crippen LogP contribution in [0, 0.1) is 6.92 Å². The first-order valence-electron chi connectivity index (χ1n) is 6.39. The van der Waals surface area contributed by atoms with E-state index < -0.39 is 12.7 Å². The molecule has 0 bridgehead atoms. The maximum Gasteiger partial charge on any atom is 0.405 e. The molecule has 0 spiro atoms. The van der Waals surface area contributed by atoms with Crippen molar-refractivity contribution in [2.24, 2.45) is 5.73 Å². The number of rotatable bonds is 5. The van der Waals surface area contributed by atoms with Crippen molar-refractivity contribution >= 4 is 5.69 Å². The molecule has 1 atom stereocenters. The zero-order valence-electron chi connectivity index (χ0n) is 11.6. The number of nitrogens with two attached hydrogens (primary N) is 1. The van der Waals surface area contributed by atoms with Crippen LogP contribution in [-0.4, -0.2) is 25.3 Å². The molecule has 0 aromatic heterocycles. The summed E-state index contributed by atoms with van der Waals surface area (Å²) in [6, 6.07) is 5.45. The summed E-state index contributed by atoms with van der Waals surface area (Å²) >= 11 is 0. The van der Waals surface area contributed by atoms with Crippen molar-refractivity contribution in [1.82, 2.24) is 0 Å². The van der Waals surface area contributed by atoms with Gasteiger partial charge in [0.25, 0.3) is 0 Å². The first-order valence-corrected chi connectivity index (χ1v) is 6.39. The Kier molecular flexibility index (Phi) is 5.23. The van der Waals surface area contributed by atoms with E-state index in [1.807, 2.05) is 19.9 Å². The quantitative estimate of drug-likeness (QED) is 0.893. The zero-order valence-corrected chi connectivity index (χ0v) is 11.6. The highest BCUT2D eigenvalue weighted by Crippen LogP contribution is 2.24. The molecule has 0 radical (unpaired) electrons. The van der Waals surface area contributed by atoms with Gasteiger partial charge in [-0.2, -0.15) is 13.2 Å². The maximum atomic E-state index is 12.5. The molecule has 0 saturated carbocycles. The van der Waals surface area contributed by atoms with Crippen LogP contribution in [0.15, 0.2) is 18.2 Å². The minimum absolute atomic E-state index is 0.0435. The Morgan fingerprint density at radius 2 is 1.95 bits per heavy atom. The van der Waals surface area contributed by atoms with Gasteiger partial charge in [0.05, 0.1) is 0 Å². The highest BCUT2D eigenvalue weighted by atomic mass is 19.4. The molecule has 5 heteroatoms. The van der Waals surface area contributed by atoms with Gasteiger partial charge in [-0.25, -0.2) is 0 Å². The number of benzene rings is 1. The van der Waals surface area contributed by atoms with E-state index in [9.17, 15) is 13.2 Å². The Bertz CT molecular complexity index is 414. The zero-order chi connectivity index (χ0) is 14.6. The summed E-state index contributed by atoms with van der Waals surface area (Å²) < 4.78 is 37.4. The molecule has 0 amide bonds. The minimum atomic E-state index is -4.19. The largest absolute Gasteiger partial charge is 0.405 e. The van der Waals surface area contributed by atoms with Crippen molar-refractivity contribution in [3.05, 3.63) is 29.3 Å². The lowest BCUT2D eigenvalue weighted by atomic mass is 10.0. The third kappa shape index (κ3) is 5.11. The molecule has 0 saturated heterocycles. The first-order chi connectivity index (χ1) is 8.73. The predicted molar refractivity (Wildman–Crippen MR) is 72.5 cm³/mol. The molecule has 0 aliphatic rings. The van der Waals surface area contributed by atoms with Crippen molar-refractivity contribution in [3.63, 3.8) is 0 Å². The van der Waals surface area contributed by atoms with Gasteiger partial charge < -0.3 is 10.6 Å². The fourth-order valence-electron chi connectivity index (χ4n) is 2.05. The molecule has 108 valence electrons. The lowest BCUT2D eigenvalue weighted by Crippen LogP contribution is -2.34. The Labute approximate surface area is 112 Å². The summed E-state index contributed by atoms with van der Waals surface area (Å²) in [5, 5.41) is 0. The molecule has 1 aromatic carbocycles. The van der Waals surface area contributed by atoms with Crippen molar-refractivity contribution in [2.45, 2.75) is 39.4 Å². The van der Waals surface area contributed by atoms with Gasteiger partial charge in [0.1, 0.15) is 6.54 Å². The van der Waals surface area contributed by atoms with Crippen molar-refractivity contribution < 1.29 is 13.2 Å². The van der Waals surface area contributed by atoms with E-state index in [0.717, 1.165) is 17.5 Å². The minimum Gasteiger partial charge on any atom is -0.363 e. The van der Waals surface area contributed by atoms with E-state index in [-0.39, 0.29) is 6.04 Å². The van der Waals surface area contributed by atoms with Gasteiger partial charge >= 0.3 is 6.18 Å². The van der Waals surface area contributed by atoms with Crippen LogP contribution in [0.3, 0.4) is 0 Å². The second kappa shape index (κ2) is 6.28. The SMILES string of the molecule is CCN(CC(F)(F)F)c1ccc(CC(C)N)c(C)c1. The highest BCUT2D eigenvalue weighted by Gasteiger charge is 2.30. The molecule has 0 aliphatic carbocycles. The van der Waals surface area contributed by atoms with E-state index in [4.69, 9.17) is 5.73 Å². The molecule has 1 rings (SSSR count). The number of halogens is 3. The Morgan fingerprint density at radius 1 is 1.32 bits per heavy atom. The fourth-order valence-corrected chi connectivity index (χ4v) is 2.05. The van der Waals surface area contributed by atoms with Gasteiger partial charge in [-0.3, -0.25) is 0 Å². The lowest BCUT2D eigenvalue weighted by molar-refractivity contribution is -0.119. The van der Waals surface area contributed by atoms with Gasteiger partial charge in [0, 0.05) is 18.3 Å². The third-order valence-electron chi connectivity index (χ3n) is 2.99. The van der Waals surface area contributed by atoms with Gasteiger partial charge in [-0.1, -0.05) is 6.07 Å². The third-order valence-corrected chi connectivity index (χ3v) is 2.99. The van der Waals surface area contributed by atoms with Gasteiger partial charge in [-0.05, 0) is 50.5 Å². The topological polar surface area (TPSA) is 29.3 Å². The van der Waals surface area contributed by atoms with Crippen molar-refractivity contribution in [3.8, 4) is 0 Å². The van der Waals surface area contributed by atoms with Crippen LogP contribution >= 0.6 is 0 Å². The van der Waals surface area contributed by atoms with E-state index in [0.29, 0.717) is 12.2 Å². The van der Waals surface area contributed by atoms with Crippen molar-refractivity contribution in [2.75, 3.05) is 18.0 Å². The van der Waals surface area contributed by atoms with Gasteiger partial charge in [0.15, 0.2) is 0 Å². The summed E-state index contributed by atoms with van der Waals surface area (Å²) in [7, 11) is 0. The molecular formula is C14H21F3N2. The van der Waals surface area contributed by atoms with Crippen LogP contribution in [-0.2, 0) is 6.42 Å². The molecular weight excluding hydrogens is 253 g/mol. The lowest BCUT2D eigenvalue weighted by Gasteiger charge is -2.25. The average molecular weight is 274 g/mol. The molecule has 1 unspecified atom stereocenters. The number of nitrogens with zero attached hydrogens (tertiary/aromatic N) is 1. The average Bonchev–Trinajstić information content (AvgIpc) is 2.27. The van der Waals surface area contributed by atoms with Gasteiger partial charge in [0.2, 0.25) is 0 Å². The first kappa shape index (κ1) is 15.8. The van der Waals surface area contributed by atoms with Crippen molar-refractivity contribution in [1.29, 1.82) is 0 Å². The van der Waals surface area contributed by atoms with Crippen LogP contribution < -0.4 is 10.6 Å². The van der Waals surface area contributed by atoms with Crippen LogP contribution in [0.1, 0.15) is 25.0 Å². The Balaban J connectivity index is 2.91. The molecule has 2 nitrogen and oxygen atoms in total. The number of hydrogen-bond acceptors (Lipinski definition) is 2. The van der Waals surface area contributed by atoms with E-state index in [1.165, 1.54) is 4.90 Å². The Morgan fingerprint density at radius 3 is 2.37 bits per heavy atom. The van der Waals surface area contributed by atoms with Gasteiger partial charge in [-0.15, -0.1) is 0 Å². The molecule has 1 aromatic rings. The van der Waals surface area contributed by atoms with E-state index in [1.54, 1.807) is 19.1 Å². The normalized spacial score (nSPS) is 13.4. The van der Waals surface area contributed by atoms with Crippen LogP contribution in [0.2, 0.25) is 0 Å². The summed E-state index contributed by atoms with van der Waals surface area (Å²) in [6.07, 6.45) is -3.45. The van der Waals surface area contributed by atoms with E-state index >= 15 is 0 Å². The number of hydrogen-bond donors (Lipinski definition) is 1. The summed E-state index contributed by atoms with van der Waals surface area (Å²) in [6.45, 7) is 4.94. The van der Waals surface area contributed by atoms with Crippen LogP contribution in [0.5, 0.6) is 0 Å². The molecule has 0 aliphatic heterocycles. The number of alkyl halides is 3. The number of anilines is 1. The number of aryl methyl sites for hydroxylation is 1. The standard InChI is InChI=1S/C14H21F3N2/c1-4-19(9-14(15,16)17)13-6-5-12(8-11(3)18)10(2)7-13/h5-7,11H,4,8-9,18H2,1-3H3. The molecule has 0 heterocycles. The van der Waals surface area contributed by atoms with Crippen LogP contribution in [0.25, 0.3) is 0 Å². The molecule has 0 fully saturated rings. The molecule has 2 N–H and O–H groups in total. The van der Waals surface area contributed by atoms with E-state index in [2.05, 4.69) is 0 Å². The monoisotopic (exact) mass is 274 g/mol. The smallest absolute Gasteiger partial charge is 0.363 e. The maximum absolute atomic E-state index is 12.5.